The van der Waals surface area contributed by atoms with Gasteiger partial charge in [0.1, 0.15) is 0 Å². The maximum atomic E-state index is 11.1. The fourth-order valence-electron chi connectivity index (χ4n) is 3.82. The van der Waals surface area contributed by atoms with Gasteiger partial charge >= 0.3 is 5.97 Å². The van der Waals surface area contributed by atoms with E-state index < -0.39 is 5.97 Å². The van der Waals surface area contributed by atoms with E-state index in [1.54, 1.807) is 11.3 Å². The van der Waals surface area contributed by atoms with E-state index in [0.29, 0.717) is 12.1 Å². The van der Waals surface area contributed by atoms with Gasteiger partial charge in [-0.2, -0.15) is 0 Å². The molecule has 1 aromatic heterocycles. The first-order chi connectivity index (χ1) is 10.2. The van der Waals surface area contributed by atoms with Crippen LogP contribution in [0.25, 0.3) is 0 Å². The molecule has 2 fully saturated rings. The number of carbonyl (C=O) groups is 1. The van der Waals surface area contributed by atoms with Crippen LogP contribution in [0.15, 0.2) is 17.5 Å². The standard InChI is InChI=1S/C16H23NO3S/c1-2-20-14-10-13(16(14)6-4-7-16)17-11(9-15(18)19)12-5-3-8-21-12/h3,5,8,11,13-14,17H,2,4,6-7,9-10H2,1H3,(H,18,19). The summed E-state index contributed by atoms with van der Waals surface area (Å²) < 4.78 is 5.87. The zero-order valence-corrected chi connectivity index (χ0v) is 13.2. The minimum atomic E-state index is -0.746. The Kier molecular flexibility index (Phi) is 4.33. The Hall–Kier alpha value is -0.910. The lowest BCUT2D eigenvalue weighted by Gasteiger charge is -2.61. The fraction of sp³-hybridized carbons (Fsp3) is 0.688. The summed E-state index contributed by atoms with van der Waals surface area (Å²) in [7, 11) is 0. The van der Waals surface area contributed by atoms with Crippen molar-refractivity contribution in [1.29, 1.82) is 0 Å². The Morgan fingerprint density at radius 3 is 2.95 bits per heavy atom. The van der Waals surface area contributed by atoms with E-state index >= 15 is 0 Å². The van der Waals surface area contributed by atoms with E-state index in [1.807, 2.05) is 24.4 Å². The van der Waals surface area contributed by atoms with Crippen molar-refractivity contribution < 1.29 is 14.6 Å². The van der Waals surface area contributed by atoms with E-state index in [0.717, 1.165) is 17.9 Å². The van der Waals surface area contributed by atoms with Gasteiger partial charge in [-0.25, -0.2) is 0 Å². The molecule has 2 aliphatic rings. The van der Waals surface area contributed by atoms with Crippen LogP contribution in [0.5, 0.6) is 0 Å². The van der Waals surface area contributed by atoms with Crippen LogP contribution in [0, 0.1) is 5.41 Å². The number of aliphatic carboxylic acids is 1. The van der Waals surface area contributed by atoms with Gasteiger partial charge in [-0.3, -0.25) is 4.79 Å². The zero-order valence-electron chi connectivity index (χ0n) is 12.4. The predicted octanol–water partition coefficient (Wildman–Crippen LogP) is 3.20. The number of ether oxygens (including phenoxy) is 1. The van der Waals surface area contributed by atoms with Crippen LogP contribution in [-0.2, 0) is 9.53 Å². The van der Waals surface area contributed by atoms with Gasteiger partial charge in [0, 0.05) is 22.9 Å². The molecule has 116 valence electrons. The summed E-state index contributed by atoms with van der Waals surface area (Å²) in [5, 5.41) is 14.8. The number of nitrogens with one attached hydrogen (secondary N) is 1. The van der Waals surface area contributed by atoms with Gasteiger partial charge in [-0.05, 0) is 37.6 Å². The molecule has 0 aliphatic heterocycles. The van der Waals surface area contributed by atoms with Crippen molar-refractivity contribution >= 4 is 17.3 Å². The molecule has 5 heteroatoms. The van der Waals surface area contributed by atoms with Crippen molar-refractivity contribution in [3.63, 3.8) is 0 Å². The van der Waals surface area contributed by atoms with E-state index in [-0.39, 0.29) is 17.9 Å². The normalized spacial score (nSPS) is 27.9. The van der Waals surface area contributed by atoms with Gasteiger partial charge < -0.3 is 15.2 Å². The quantitative estimate of drug-likeness (QED) is 0.812. The molecular weight excluding hydrogens is 286 g/mol. The summed E-state index contributed by atoms with van der Waals surface area (Å²) in [6.45, 7) is 2.81. The molecule has 2 N–H and O–H groups in total. The smallest absolute Gasteiger partial charge is 0.305 e. The number of thiophene rings is 1. The first kappa shape index (κ1) is 15.0. The number of carboxylic acids is 1. The van der Waals surface area contributed by atoms with Crippen molar-refractivity contribution in [1.82, 2.24) is 5.32 Å². The summed E-state index contributed by atoms with van der Waals surface area (Å²) in [5.41, 5.74) is 0.268. The second-order valence-corrected chi connectivity index (χ2v) is 7.13. The topological polar surface area (TPSA) is 58.6 Å². The maximum Gasteiger partial charge on any atom is 0.305 e. The highest BCUT2D eigenvalue weighted by Gasteiger charge is 2.59. The predicted molar refractivity (Wildman–Crippen MR) is 82.6 cm³/mol. The Balaban J connectivity index is 1.68. The highest BCUT2D eigenvalue weighted by Crippen LogP contribution is 2.57. The molecule has 3 rings (SSSR count). The SMILES string of the molecule is CCOC1CC(NC(CC(=O)O)c2cccs2)C12CCC2. The molecule has 1 heterocycles. The lowest BCUT2D eigenvalue weighted by Crippen LogP contribution is -2.67. The summed E-state index contributed by atoms with van der Waals surface area (Å²) in [6, 6.07) is 4.33. The third-order valence-electron chi connectivity index (χ3n) is 5.11. The van der Waals surface area contributed by atoms with E-state index in [2.05, 4.69) is 5.32 Å². The highest BCUT2D eigenvalue weighted by atomic mass is 32.1. The number of hydrogen-bond acceptors (Lipinski definition) is 4. The molecule has 3 atom stereocenters. The fourth-order valence-corrected chi connectivity index (χ4v) is 4.61. The summed E-state index contributed by atoms with van der Waals surface area (Å²) >= 11 is 1.63. The third-order valence-corrected chi connectivity index (χ3v) is 6.09. The average molecular weight is 309 g/mol. The van der Waals surface area contributed by atoms with Crippen LogP contribution < -0.4 is 5.32 Å². The van der Waals surface area contributed by atoms with Crippen molar-refractivity contribution in [3.8, 4) is 0 Å². The van der Waals surface area contributed by atoms with Crippen LogP contribution in [0.2, 0.25) is 0 Å². The molecular formula is C16H23NO3S. The number of rotatable bonds is 7. The first-order valence-corrected chi connectivity index (χ1v) is 8.66. The molecule has 0 radical (unpaired) electrons. The number of carboxylic acid groups (broad SMARTS) is 1. The number of hydrogen-bond donors (Lipinski definition) is 2. The summed E-state index contributed by atoms with van der Waals surface area (Å²) in [6.07, 6.45) is 5.20. The molecule has 2 saturated carbocycles. The molecule has 0 bridgehead atoms. The third kappa shape index (κ3) is 2.74. The van der Waals surface area contributed by atoms with E-state index in [4.69, 9.17) is 9.84 Å². The molecule has 1 spiro atoms. The lowest BCUT2D eigenvalue weighted by molar-refractivity contribution is -0.175. The van der Waals surface area contributed by atoms with Gasteiger partial charge in [-0.15, -0.1) is 11.3 Å². The van der Waals surface area contributed by atoms with Gasteiger partial charge in [0.15, 0.2) is 0 Å². The van der Waals surface area contributed by atoms with Crippen LogP contribution >= 0.6 is 11.3 Å². The minimum absolute atomic E-state index is 0.0763. The molecule has 1 aromatic rings. The van der Waals surface area contributed by atoms with Crippen molar-refractivity contribution in [2.75, 3.05) is 6.61 Å². The molecule has 3 unspecified atom stereocenters. The Bertz CT molecular complexity index is 484. The van der Waals surface area contributed by atoms with Gasteiger partial charge in [0.2, 0.25) is 0 Å². The largest absolute Gasteiger partial charge is 0.481 e. The molecule has 4 nitrogen and oxygen atoms in total. The lowest BCUT2D eigenvalue weighted by atomic mass is 9.51. The molecule has 21 heavy (non-hydrogen) atoms. The van der Waals surface area contributed by atoms with Crippen LogP contribution in [0.4, 0.5) is 0 Å². The van der Waals surface area contributed by atoms with Crippen molar-refractivity contribution in [3.05, 3.63) is 22.4 Å². The Labute approximate surface area is 129 Å². The zero-order chi connectivity index (χ0) is 14.9. The van der Waals surface area contributed by atoms with E-state index in [1.165, 1.54) is 19.3 Å². The molecule has 0 amide bonds. The second-order valence-electron chi connectivity index (χ2n) is 6.15. The van der Waals surface area contributed by atoms with Gasteiger partial charge in [0.25, 0.3) is 0 Å². The summed E-state index contributed by atoms with van der Waals surface area (Å²) in [5.74, 6) is -0.746. The maximum absolute atomic E-state index is 11.1. The molecule has 0 saturated heterocycles. The van der Waals surface area contributed by atoms with Gasteiger partial charge in [-0.1, -0.05) is 12.5 Å². The van der Waals surface area contributed by atoms with Crippen LogP contribution in [0.3, 0.4) is 0 Å². The monoisotopic (exact) mass is 309 g/mol. The Morgan fingerprint density at radius 2 is 2.43 bits per heavy atom. The minimum Gasteiger partial charge on any atom is -0.481 e. The van der Waals surface area contributed by atoms with Gasteiger partial charge in [0.05, 0.1) is 18.6 Å². The Morgan fingerprint density at radius 1 is 1.62 bits per heavy atom. The van der Waals surface area contributed by atoms with Crippen molar-refractivity contribution in [2.45, 2.75) is 57.2 Å². The summed E-state index contributed by atoms with van der Waals surface area (Å²) in [4.78, 5) is 12.3. The molecule has 2 aliphatic carbocycles. The van der Waals surface area contributed by atoms with Crippen LogP contribution in [0.1, 0.15) is 49.9 Å². The first-order valence-electron chi connectivity index (χ1n) is 7.78. The second kappa shape index (κ2) is 6.07. The van der Waals surface area contributed by atoms with Crippen molar-refractivity contribution in [2.24, 2.45) is 5.41 Å². The highest BCUT2D eigenvalue weighted by molar-refractivity contribution is 7.10. The van der Waals surface area contributed by atoms with Crippen LogP contribution in [-0.4, -0.2) is 29.8 Å². The van der Waals surface area contributed by atoms with E-state index in [9.17, 15) is 4.79 Å². The average Bonchev–Trinajstić information content (AvgIpc) is 2.87. The molecule has 0 aromatic carbocycles.